The molecule has 0 aliphatic heterocycles. The Balaban J connectivity index is 1.80. The fourth-order valence-electron chi connectivity index (χ4n) is 2.79. The van der Waals surface area contributed by atoms with Crippen LogP contribution in [0, 0.1) is 5.92 Å². The highest BCUT2D eigenvalue weighted by Gasteiger charge is 2.23. The van der Waals surface area contributed by atoms with Gasteiger partial charge in [-0.3, -0.25) is 0 Å². The van der Waals surface area contributed by atoms with Crippen LogP contribution in [-0.2, 0) is 0 Å². The molecule has 3 heteroatoms. The summed E-state index contributed by atoms with van der Waals surface area (Å²) < 4.78 is 2.66. The molecular formula is C14H18OS2. The van der Waals surface area contributed by atoms with Gasteiger partial charge in [0.1, 0.15) is 0 Å². The van der Waals surface area contributed by atoms with Crippen LogP contribution in [0.2, 0.25) is 0 Å². The van der Waals surface area contributed by atoms with Crippen molar-refractivity contribution in [3.05, 3.63) is 22.4 Å². The van der Waals surface area contributed by atoms with Gasteiger partial charge < -0.3 is 5.11 Å². The van der Waals surface area contributed by atoms with Gasteiger partial charge in [0.05, 0.1) is 6.10 Å². The average Bonchev–Trinajstić information content (AvgIpc) is 2.80. The minimum atomic E-state index is -0.224. The quantitative estimate of drug-likeness (QED) is 0.761. The number of fused-ring (bicyclic) bond motifs is 1. The van der Waals surface area contributed by atoms with E-state index < -0.39 is 0 Å². The van der Waals surface area contributed by atoms with Crippen LogP contribution in [0.15, 0.2) is 17.5 Å². The van der Waals surface area contributed by atoms with Gasteiger partial charge >= 0.3 is 0 Å². The Labute approximate surface area is 110 Å². The molecule has 0 spiro atoms. The normalized spacial score (nSPS) is 20.5. The molecule has 1 fully saturated rings. The van der Waals surface area contributed by atoms with Crippen molar-refractivity contribution in [1.82, 2.24) is 0 Å². The number of aliphatic hydroxyl groups is 1. The van der Waals surface area contributed by atoms with Gasteiger partial charge in [-0.25, -0.2) is 0 Å². The molecule has 1 unspecified atom stereocenters. The summed E-state index contributed by atoms with van der Waals surface area (Å²) in [5, 5.41) is 12.6. The topological polar surface area (TPSA) is 20.2 Å². The molecular weight excluding hydrogens is 248 g/mol. The molecule has 92 valence electrons. The summed E-state index contributed by atoms with van der Waals surface area (Å²) in [6.07, 6.45) is 7.46. The van der Waals surface area contributed by atoms with Crippen LogP contribution < -0.4 is 0 Å². The van der Waals surface area contributed by atoms with Crippen molar-refractivity contribution in [3.63, 3.8) is 0 Å². The van der Waals surface area contributed by atoms with Gasteiger partial charge in [0.15, 0.2) is 0 Å². The highest BCUT2D eigenvalue weighted by Crippen LogP contribution is 2.39. The highest BCUT2D eigenvalue weighted by molar-refractivity contribution is 7.26. The van der Waals surface area contributed by atoms with Crippen LogP contribution in [0.3, 0.4) is 0 Å². The first-order valence-electron chi connectivity index (χ1n) is 6.49. The molecule has 2 heterocycles. The number of aliphatic hydroxyl groups excluding tert-OH is 1. The first-order chi connectivity index (χ1) is 8.34. The Morgan fingerprint density at radius 3 is 2.59 bits per heavy atom. The zero-order valence-corrected chi connectivity index (χ0v) is 11.5. The number of rotatable bonds is 2. The molecule has 0 amide bonds. The van der Waals surface area contributed by atoms with Gasteiger partial charge in [-0.2, -0.15) is 0 Å². The second-order valence-corrected chi connectivity index (χ2v) is 7.06. The van der Waals surface area contributed by atoms with Gasteiger partial charge in [0.25, 0.3) is 0 Å². The maximum atomic E-state index is 10.5. The molecule has 1 aliphatic rings. The van der Waals surface area contributed by atoms with E-state index in [9.17, 15) is 5.11 Å². The summed E-state index contributed by atoms with van der Waals surface area (Å²) >= 11 is 3.55. The zero-order valence-electron chi connectivity index (χ0n) is 9.89. The van der Waals surface area contributed by atoms with Crippen LogP contribution in [0.4, 0.5) is 0 Å². The monoisotopic (exact) mass is 266 g/mol. The van der Waals surface area contributed by atoms with Crippen LogP contribution in [0.5, 0.6) is 0 Å². The fourth-order valence-corrected chi connectivity index (χ4v) is 4.99. The predicted octanol–water partition coefficient (Wildman–Crippen LogP) is 4.97. The molecule has 1 aliphatic carbocycles. The molecule has 1 atom stereocenters. The minimum absolute atomic E-state index is 0.224. The molecule has 0 bridgehead atoms. The van der Waals surface area contributed by atoms with Crippen LogP contribution in [0.25, 0.3) is 9.40 Å². The van der Waals surface area contributed by atoms with E-state index in [1.807, 2.05) is 0 Å². The van der Waals surface area contributed by atoms with Crippen molar-refractivity contribution in [2.24, 2.45) is 5.92 Å². The van der Waals surface area contributed by atoms with Crippen molar-refractivity contribution < 1.29 is 5.11 Å². The highest BCUT2D eigenvalue weighted by atomic mass is 32.1. The molecule has 0 radical (unpaired) electrons. The Hall–Kier alpha value is -0.380. The smallest absolute Gasteiger partial charge is 0.0910 e. The van der Waals surface area contributed by atoms with Crippen LogP contribution in [-0.4, -0.2) is 5.11 Å². The minimum Gasteiger partial charge on any atom is -0.387 e. The number of hydrogen-bond donors (Lipinski definition) is 1. The summed E-state index contributed by atoms with van der Waals surface area (Å²) in [5.41, 5.74) is 0. The zero-order chi connectivity index (χ0) is 11.7. The lowest BCUT2D eigenvalue weighted by molar-refractivity contribution is 0.102. The fraction of sp³-hybridized carbons (Fsp3) is 0.571. The summed E-state index contributed by atoms with van der Waals surface area (Å²) in [6, 6.07) is 4.36. The Morgan fingerprint density at radius 1 is 1.12 bits per heavy atom. The molecule has 1 N–H and O–H groups in total. The SMILES string of the molecule is OC(c1cc2sccc2s1)C1CCCCCC1. The van der Waals surface area contributed by atoms with Crippen molar-refractivity contribution >= 4 is 32.1 Å². The van der Waals surface area contributed by atoms with E-state index in [1.54, 1.807) is 22.7 Å². The summed E-state index contributed by atoms with van der Waals surface area (Å²) in [4.78, 5) is 1.18. The van der Waals surface area contributed by atoms with E-state index in [1.165, 1.54) is 52.8 Å². The van der Waals surface area contributed by atoms with Gasteiger partial charge in [-0.05, 0) is 36.3 Å². The third-order valence-corrected chi connectivity index (χ3v) is 5.96. The third-order valence-electron chi connectivity index (χ3n) is 3.80. The molecule has 3 rings (SSSR count). The third kappa shape index (κ3) is 2.42. The first kappa shape index (κ1) is 11.7. The van der Waals surface area contributed by atoms with E-state index in [4.69, 9.17) is 0 Å². The summed E-state index contributed by atoms with van der Waals surface area (Å²) in [7, 11) is 0. The van der Waals surface area contributed by atoms with Gasteiger partial charge in [-0.1, -0.05) is 25.7 Å². The van der Waals surface area contributed by atoms with Gasteiger partial charge in [0, 0.05) is 14.3 Å². The van der Waals surface area contributed by atoms with E-state index in [0.29, 0.717) is 5.92 Å². The summed E-state index contributed by atoms with van der Waals surface area (Å²) in [5.74, 6) is 0.491. The lowest BCUT2D eigenvalue weighted by Gasteiger charge is -2.19. The maximum Gasteiger partial charge on any atom is 0.0910 e. The first-order valence-corrected chi connectivity index (χ1v) is 8.19. The Bertz CT molecular complexity index is 449. The van der Waals surface area contributed by atoms with Crippen LogP contribution >= 0.6 is 22.7 Å². The second-order valence-electron chi connectivity index (χ2n) is 4.99. The van der Waals surface area contributed by atoms with E-state index in [0.717, 1.165) is 0 Å². The number of thiophene rings is 2. The summed E-state index contributed by atoms with van der Waals surface area (Å²) in [6.45, 7) is 0. The van der Waals surface area contributed by atoms with Crippen molar-refractivity contribution in [2.75, 3.05) is 0 Å². The maximum absolute atomic E-state index is 10.5. The predicted molar refractivity (Wildman–Crippen MR) is 75.9 cm³/mol. The van der Waals surface area contributed by atoms with Crippen molar-refractivity contribution in [1.29, 1.82) is 0 Å². The Morgan fingerprint density at radius 2 is 1.88 bits per heavy atom. The lowest BCUT2D eigenvalue weighted by atomic mass is 9.93. The molecule has 1 saturated carbocycles. The van der Waals surface area contributed by atoms with Crippen LogP contribution in [0.1, 0.15) is 49.5 Å². The van der Waals surface area contributed by atoms with Gasteiger partial charge in [0.2, 0.25) is 0 Å². The van der Waals surface area contributed by atoms with E-state index >= 15 is 0 Å². The molecule has 0 saturated heterocycles. The molecule has 1 nitrogen and oxygen atoms in total. The molecule has 2 aromatic heterocycles. The van der Waals surface area contributed by atoms with Gasteiger partial charge in [-0.15, -0.1) is 22.7 Å². The Kier molecular flexibility index (Phi) is 3.50. The largest absolute Gasteiger partial charge is 0.387 e. The second kappa shape index (κ2) is 5.09. The lowest BCUT2D eigenvalue weighted by Crippen LogP contribution is -2.10. The molecule has 2 aromatic rings. The van der Waals surface area contributed by atoms with Crippen molar-refractivity contribution in [3.8, 4) is 0 Å². The van der Waals surface area contributed by atoms with Crippen molar-refractivity contribution in [2.45, 2.75) is 44.6 Å². The molecule has 0 aromatic carbocycles. The van der Waals surface area contributed by atoms with E-state index in [-0.39, 0.29) is 6.10 Å². The van der Waals surface area contributed by atoms with E-state index in [2.05, 4.69) is 17.5 Å². The average molecular weight is 266 g/mol. The standard InChI is InChI=1S/C14H18OS2/c15-14(10-5-3-1-2-4-6-10)13-9-12-11(17-13)7-8-16-12/h7-10,14-15H,1-6H2. The number of hydrogen-bond acceptors (Lipinski definition) is 3. The molecule has 17 heavy (non-hydrogen) atoms.